The van der Waals surface area contributed by atoms with Gasteiger partial charge in [-0.3, -0.25) is 4.79 Å². The number of carbonyl (C=O) groups is 1. The highest BCUT2D eigenvalue weighted by Gasteiger charge is 2.15. The van der Waals surface area contributed by atoms with Crippen LogP contribution in [0.25, 0.3) is 10.9 Å². The van der Waals surface area contributed by atoms with Gasteiger partial charge in [0, 0.05) is 17.0 Å². The molecule has 1 rings (SSSR count). The van der Waals surface area contributed by atoms with Gasteiger partial charge in [-0.05, 0) is 38.8 Å². The van der Waals surface area contributed by atoms with Crippen LogP contribution in [0.3, 0.4) is 0 Å². The summed E-state index contributed by atoms with van der Waals surface area (Å²) < 4.78 is 0. The summed E-state index contributed by atoms with van der Waals surface area (Å²) in [7, 11) is 0. The predicted molar refractivity (Wildman–Crippen MR) is 65.2 cm³/mol. The lowest BCUT2D eigenvalue weighted by Crippen LogP contribution is -1.97. The number of hydrogen-bond acceptors (Lipinski definition) is 1. The van der Waals surface area contributed by atoms with E-state index < -0.39 is 0 Å². The van der Waals surface area contributed by atoms with Crippen molar-refractivity contribution in [3.05, 3.63) is 39.6 Å². The van der Waals surface area contributed by atoms with E-state index in [0.717, 1.165) is 28.9 Å². The predicted octanol–water partition coefficient (Wildman–Crippen LogP) is 3.37. The van der Waals surface area contributed by atoms with E-state index in [9.17, 15) is 4.79 Å². The second-order valence-electron chi connectivity index (χ2n) is 3.82. The zero-order chi connectivity index (χ0) is 12.3. The van der Waals surface area contributed by atoms with Gasteiger partial charge in [0.1, 0.15) is 0 Å². The summed E-state index contributed by atoms with van der Waals surface area (Å²) in [6.07, 6.45) is 2.58. The number of rotatable bonds is 3. The van der Waals surface area contributed by atoms with Crippen LogP contribution in [-0.4, -0.2) is 10.8 Å². The molecule has 0 fully saturated rings. The Morgan fingerprint density at radius 2 is 2.12 bits per heavy atom. The van der Waals surface area contributed by atoms with Gasteiger partial charge >= 0.3 is 0 Å². The van der Waals surface area contributed by atoms with Gasteiger partial charge in [0.25, 0.3) is 0 Å². The number of allylic oxidation sites excluding steroid dienone is 1. The number of carbonyl (C=O) groups excluding carboxylic acids is 1. The molecule has 0 radical (unpaired) electrons. The molecule has 0 aromatic carbocycles. The van der Waals surface area contributed by atoms with Crippen molar-refractivity contribution in [1.82, 2.24) is 4.98 Å². The third-order valence-corrected chi connectivity index (χ3v) is 2.56. The monoisotopic (exact) mass is 216 g/mol. The fraction of sp³-hybridized carbons (Fsp3) is 0.385. The maximum absolute atomic E-state index is 11.5. The van der Waals surface area contributed by atoms with Gasteiger partial charge in [-0.2, -0.15) is 0 Å². The van der Waals surface area contributed by atoms with Gasteiger partial charge in [-0.15, -0.1) is 0 Å². The van der Waals surface area contributed by atoms with E-state index in [4.69, 9.17) is 6.57 Å². The van der Waals surface area contributed by atoms with Crippen molar-refractivity contribution in [2.75, 3.05) is 0 Å². The number of aromatic amines is 1. The van der Waals surface area contributed by atoms with Crippen LogP contribution in [0.2, 0.25) is 0 Å². The molecule has 84 valence electrons. The molecular formula is C13H16N2O. The molecular weight excluding hydrogens is 200 g/mol. The summed E-state index contributed by atoms with van der Waals surface area (Å²) in [5.74, 6) is 0.0747. The third kappa shape index (κ3) is 2.22. The van der Waals surface area contributed by atoms with Crippen molar-refractivity contribution in [2.45, 2.75) is 34.1 Å². The molecule has 0 aliphatic heterocycles. The van der Waals surface area contributed by atoms with Gasteiger partial charge in [0.2, 0.25) is 0 Å². The first-order valence-corrected chi connectivity index (χ1v) is 5.29. The standard InChI is InChI=1S/C13H16N2O/c1-6-11-12(7-8(2)14-5)15-9(3)13(11)10(4)16/h7,15H,6H2,1-4H3/b8-7-. The summed E-state index contributed by atoms with van der Waals surface area (Å²) in [5, 5.41) is 0. The Bertz CT molecular complexity index is 487. The molecule has 1 N–H and O–H groups in total. The van der Waals surface area contributed by atoms with Crippen LogP contribution in [0.4, 0.5) is 0 Å². The Morgan fingerprint density at radius 3 is 2.56 bits per heavy atom. The fourth-order valence-corrected chi connectivity index (χ4v) is 1.91. The number of hydrogen-bond donors (Lipinski definition) is 1. The molecule has 3 nitrogen and oxygen atoms in total. The van der Waals surface area contributed by atoms with E-state index in [0.29, 0.717) is 5.70 Å². The number of ketones is 1. The van der Waals surface area contributed by atoms with Crippen LogP contribution in [0.1, 0.15) is 48.1 Å². The first-order valence-electron chi connectivity index (χ1n) is 5.29. The average Bonchev–Trinajstić information content (AvgIpc) is 2.53. The van der Waals surface area contributed by atoms with Crippen LogP contribution < -0.4 is 0 Å². The number of Topliss-reactive ketones (excluding diaryl/α,β-unsaturated/α-hetero) is 1. The molecule has 16 heavy (non-hydrogen) atoms. The second-order valence-corrected chi connectivity index (χ2v) is 3.82. The van der Waals surface area contributed by atoms with Gasteiger partial charge in [0.05, 0.1) is 6.57 Å². The van der Waals surface area contributed by atoms with E-state index in [1.165, 1.54) is 0 Å². The molecule has 0 spiro atoms. The molecule has 0 saturated heterocycles. The quantitative estimate of drug-likeness (QED) is 0.610. The first kappa shape index (κ1) is 12.3. The van der Waals surface area contributed by atoms with Crippen molar-refractivity contribution in [3.63, 3.8) is 0 Å². The Balaban J connectivity index is 3.39. The van der Waals surface area contributed by atoms with Crippen molar-refractivity contribution in [1.29, 1.82) is 0 Å². The molecule has 0 bridgehead atoms. The molecule has 1 aromatic rings. The van der Waals surface area contributed by atoms with Gasteiger partial charge in [0.15, 0.2) is 11.5 Å². The lowest BCUT2D eigenvalue weighted by Gasteiger charge is -1.99. The minimum absolute atomic E-state index is 0.0747. The Kier molecular flexibility index (Phi) is 3.68. The van der Waals surface area contributed by atoms with E-state index in [1.54, 1.807) is 19.9 Å². The van der Waals surface area contributed by atoms with Gasteiger partial charge < -0.3 is 4.98 Å². The molecule has 0 aliphatic carbocycles. The van der Waals surface area contributed by atoms with Crippen molar-refractivity contribution >= 4 is 11.9 Å². The average molecular weight is 216 g/mol. The number of nitrogens with one attached hydrogen (secondary N) is 1. The minimum Gasteiger partial charge on any atom is -0.359 e. The molecule has 0 saturated carbocycles. The molecule has 1 aromatic heterocycles. The summed E-state index contributed by atoms with van der Waals surface area (Å²) in [6.45, 7) is 14.1. The molecule has 0 unspecified atom stereocenters. The topological polar surface area (TPSA) is 37.2 Å². The molecule has 3 heteroatoms. The summed E-state index contributed by atoms with van der Waals surface area (Å²) in [4.78, 5) is 18.0. The van der Waals surface area contributed by atoms with E-state index in [2.05, 4.69) is 9.83 Å². The Morgan fingerprint density at radius 1 is 1.50 bits per heavy atom. The second kappa shape index (κ2) is 4.80. The van der Waals surface area contributed by atoms with Crippen molar-refractivity contribution < 1.29 is 4.79 Å². The van der Waals surface area contributed by atoms with E-state index in [-0.39, 0.29) is 5.78 Å². The fourth-order valence-electron chi connectivity index (χ4n) is 1.91. The normalized spacial score (nSPS) is 11.3. The van der Waals surface area contributed by atoms with Crippen LogP contribution in [0, 0.1) is 13.5 Å². The maximum atomic E-state index is 11.5. The molecule has 0 atom stereocenters. The zero-order valence-corrected chi connectivity index (χ0v) is 10.1. The van der Waals surface area contributed by atoms with E-state index in [1.807, 2.05) is 13.8 Å². The van der Waals surface area contributed by atoms with Crippen molar-refractivity contribution in [3.8, 4) is 0 Å². The number of aryl methyl sites for hydroxylation is 1. The minimum atomic E-state index is 0.0747. The number of aromatic nitrogens is 1. The highest BCUT2D eigenvalue weighted by atomic mass is 16.1. The lowest BCUT2D eigenvalue weighted by atomic mass is 10.0. The summed E-state index contributed by atoms with van der Waals surface area (Å²) in [5.41, 5.74) is 4.16. The van der Waals surface area contributed by atoms with Crippen LogP contribution in [0.15, 0.2) is 5.70 Å². The Hall–Kier alpha value is -1.82. The lowest BCUT2D eigenvalue weighted by molar-refractivity contribution is 0.101. The van der Waals surface area contributed by atoms with Gasteiger partial charge in [-0.1, -0.05) is 6.92 Å². The number of H-pyrrole nitrogens is 1. The highest BCUT2D eigenvalue weighted by molar-refractivity contribution is 5.97. The van der Waals surface area contributed by atoms with Crippen LogP contribution in [0.5, 0.6) is 0 Å². The highest BCUT2D eigenvalue weighted by Crippen LogP contribution is 2.22. The van der Waals surface area contributed by atoms with Gasteiger partial charge in [-0.25, -0.2) is 4.85 Å². The van der Waals surface area contributed by atoms with Crippen LogP contribution in [-0.2, 0) is 6.42 Å². The number of nitrogens with zero attached hydrogens (tertiary/aromatic N) is 1. The van der Waals surface area contributed by atoms with Crippen molar-refractivity contribution in [2.24, 2.45) is 0 Å². The smallest absolute Gasteiger partial charge is 0.164 e. The van der Waals surface area contributed by atoms with Crippen LogP contribution >= 0.6 is 0 Å². The maximum Gasteiger partial charge on any atom is 0.164 e. The molecule has 0 aliphatic rings. The molecule has 0 amide bonds. The first-order chi connectivity index (χ1) is 7.51. The molecule has 1 heterocycles. The third-order valence-electron chi connectivity index (χ3n) is 2.56. The largest absolute Gasteiger partial charge is 0.359 e. The SMILES string of the molecule is [C-]#[N+]/C(C)=C\c1[nH]c(C)c(C(C)=O)c1CC. The Labute approximate surface area is 96.0 Å². The van der Waals surface area contributed by atoms with E-state index >= 15 is 0 Å². The zero-order valence-electron chi connectivity index (χ0n) is 10.1. The summed E-state index contributed by atoms with van der Waals surface area (Å²) in [6, 6.07) is 0. The summed E-state index contributed by atoms with van der Waals surface area (Å²) >= 11 is 0.